The number of aliphatic hydroxyl groups is 1. The fourth-order valence-electron chi connectivity index (χ4n) is 3.05. The topological polar surface area (TPSA) is 79.8 Å². The summed E-state index contributed by atoms with van der Waals surface area (Å²) in [6.45, 7) is 2.88. The normalized spacial score (nSPS) is 15.4. The lowest BCUT2D eigenvalue weighted by atomic mass is 9.98. The predicted octanol–water partition coefficient (Wildman–Crippen LogP) is 2.67. The maximum Gasteiger partial charge on any atom is 0.224 e. The van der Waals surface area contributed by atoms with Gasteiger partial charge in [0.25, 0.3) is 0 Å². The largest absolute Gasteiger partial charge is 0.493 e. The Morgan fingerprint density at radius 3 is 2.74 bits per heavy atom. The van der Waals surface area contributed by atoms with Crippen molar-refractivity contribution in [1.29, 1.82) is 0 Å². The summed E-state index contributed by atoms with van der Waals surface area (Å²) in [7, 11) is 1.62. The van der Waals surface area contributed by atoms with Gasteiger partial charge in [-0.1, -0.05) is 24.3 Å². The number of carbonyl (C=O) groups excluding carboxylic acids is 1. The smallest absolute Gasteiger partial charge is 0.224 e. The van der Waals surface area contributed by atoms with Gasteiger partial charge < -0.3 is 25.2 Å². The quantitative estimate of drug-likeness (QED) is 0.666. The van der Waals surface area contributed by atoms with E-state index in [9.17, 15) is 9.90 Å². The number of para-hydroxylation sites is 2. The summed E-state index contributed by atoms with van der Waals surface area (Å²) >= 11 is 0. The Morgan fingerprint density at radius 1 is 1.19 bits per heavy atom. The summed E-state index contributed by atoms with van der Waals surface area (Å²) in [5.74, 6) is 1.44. The second-order valence-electron chi connectivity index (χ2n) is 6.75. The van der Waals surface area contributed by atoms with Gasteiger partial charge in [-0.2, -0.15) is 0 Å². The van der Waals surface area contributed by atoms with E-state index in [1.807, 2.05) is 49.4 Å². The molecule has 6 heteroatoms. The monoisotopic (exact) mass is 370 g/mol. The highest BCUT2D eigenvalue weighted by molar-refractivity contribution is 5.93. The fourth-order valence-corrected chi connectivity index (χ4v) is 3.05. The molecule has 1 amide bonds. The van der Waals surface area contributed by atoms with Gasteiger partial charge in [0.05, 0.1) is 13.2 Å². The van der Waals surface area contributed by atoms with Crippen LogP contribution in [0, 0.1) is 0 Å². The number of amides is 1. The molecule has 0 radical (unpaired) electrons. The van der Waals surface area contributed by atoms with Gasteiger partial charge in [-0.3, -0.25) is 4.79 Å². The summed E-state index contributed by atoms with van der Waals surface area (Å²) in [5, 5.41) is 16.6. The molecule has 3 N–H and O–H groups in total. The minimum absolute atomic E-state index is 0.0429. The molecule has 144 valence electrons. The van der Waals surface area contributed by atoms with Crippen molar-refractivity contribution in [2.45, 2.75) is 31.9 Å². The predicted molar refractivity (Wildman–Crippen MR) is 104 cm³/mol. The fraction of sp³-hybridized carbons (Fsp3) is 0.381. The lowest BCUT2D eigenvalue weighted by Crippen LogP contribution is -2.35. The van der Waals surface area contributed by atoms with Crippen molar-refractivity contribution in [1.82, 2.24) is 5.32 Å². The molecule has 2 aromatic carbocycles. The van der Waals surface area contributed by atoms with Crippen molar-refractivity contribution in [2.75, 3.05) is 25.6 Å². The van der Waals surface area contributed by atoms with Gasteiger partial charge >= 0.3 is 0 Å². The molecule has 0 bridgehead atoms. The van der Waals surface area contributed by atoms with Crippen LogP contribution in [0.15, 0.2) is 42.5 Å². The van der Waals surface area contributed by atoms with Crippen molar-refractivity contribution in [3.05, 3.63) is 53.6 Å². The molecule has 0 aliphatic carbocycles. The number of hydrogen-bond acceptors (Lipinski definition) is 5. The molecule has 0 fully saturated rings. The first-order chi connectivity index (χ1) is 13.1. The Balaban J connectivity index is 1.50. The molecule has 1 heterocycles. The summed E-state index contributed by atoms with van der Waals surface area (Å²) in [4.78, 5) is 11.4. The van der Waals surface area contributed by atoms with E-state index < -0.39 is 6.10 Å². The molecular formula is C21H26N2O4. The van der Waals surface area contributed by atoms with Crippen LogP contribution in [-0.4, -0.2) is 37.3 Å². The molecule has 1 aliphatic heterocycles. The Kier molecular flexibility index (Phi) is 6.32. The first-order valence-electron chi connectivity index (χ1n) is 9.16. The number of rotatable bonds is 8. The van der Waals surface area contributed by atoms with E-state index in [0.29, 0.717) is 37.5 Å². The zero-order valence-electron chi connectivity index (χ0n) is 15.7. The van der Waals surface area contributed by atoms with Gasteiger partial charge in [-0.25, -0.2) is 0 Å². The molecule has 2 unspecified atom stereocenters. The van der Waals surface area contributed by atoms with Crippen molar-refractivity contribution < 1.29 is 19.4 Å². The van der Waals surface area contributed by atoms with E-state index in [1.165, 1.54) is 0 Å². The van der Waals surface area contributed by atoms with Crippen LogP contribution in [0.25, 0.3) is 0 Å². The molecule has 2 aromatic rings. The Hall–Kier alpha value is -2.57. The van der Waals surface area contributed by atoms with E-state index in [1.54, 1.807) is 7.11 Å². The maximum atomic E-state index is 11.4. The minimum atomic E-state index is -0.623. The third-order valence-electron chi connectivity index (χ3n) is 4.63. The van der Waals surface area contributed by atoms with Crippen LogP contribution in [0.2, 0.25) is 0 Å². The molecule has 0 saturated heterocycles. The molecule has 6 nitrogen and oxygen atoms in total. The number of aryl methyl sites for hydroxylation is 1. The lowest BCUT2D eigenvalue weighted by Gasteiger charge is -2.21. The minimum Gasteiger partial charge on any atom is -0.493 e. The van der Waals surface area contributed by atoms with Crippen LogP contribution in [0.4, 0.5) is 5.69 Å². The number of ether oxygens (including phenoxy) is 2. The SMILES string of the molecule is COc1ccccc1OCC(C)NCC(O)c1ccc2c(c1)CCC(=O)N2. The molecule has 27 heavy (non-hydrogen) atoms. The highest BCUT2D eigenvalue weighted by Crippen LogP contribution is 2.27. The molecule has 0 aromatic heterocycles. The van der Waals surface area contributed by atoms with E-state index in [2.05, 4.69) is 10.6 Å². The summed E-state index contributed by atoms with van der Waals surface area (Å²) in [5.41, 5.74) is 2.75. The van der Waals surface area contributed by atoms with Crippen LogP contribution >= 0.6 is 0 Å². The molecule has 2 atom stereocenters. The van der Waals surface area contributed by atoms with Crippen LogP contribution < -0.4 is 20.1 Å². The van der Waals surface area contributed by atoms with Gasteiger partial charge in [-0.05, 0) is 42.7 Å². The van der Waals surface area contributed by atoms with E-state index >= 15 is 0 Å². The molecule has 0 saturated carbocycles. The van der Waals surface area contributed by atoms with Crippen LogP contribution in [0.5, 0.6) is 11.5 Å². The van der Waals surface area contributed by atoms with Crippen LogP contribution in [-0.2, 0) is 11.2 Å². The molecule has 1 aliphatic rings. The average Bonchev–Trinajstić information content (AvgIpc) is 2.70. The van der Waals surface area contributed by atoms with Gasteiger partial charge in [0.1, 0.15) is 6.61 Å². The van der Waals surface area contributed by atoms with Gasteiger partial charge in [0.2, 0.25) is 5.91 Å². The Bertz CT molecular complexity index is 794. The zero-order valence-corrected chi connectivity index (χ0v) is 15.7. The van der Waals surface area contributed by atoms with E-state index in [0.717, 1.165) is 16.8 Å². The molecule has 3 rings (SSSR count). The van der Waals surface area contributed by atoms with E-state index in [4.69, 9.17) is 9.47 Å². The summed E-state index contributed by atoms with van der Waals surface area (Å²) < 4.78 is 11.1. The summed E-state index contributed by atoms with van der Waals surface area (Å²) in [6.07, 6.45) is 0.571. The number of fused-ring (bicyclic) bond motifs is 1. The lowest BCUT2D eigenvalue weighted by molar-refractivity contribution is -0.116. The van der Waals surface area contributed by atoms with Gasteiger partial charge in [0.15, 0.2) is 11.5 Å². The molecule has 0 spiro atoms. The third kappa shape index (κ3) is 4.99. The first kappa shape index (κ1) is 19.2. The van der Waals surface area contributed by atoms with Gasteiger partial charge in [0, 0.05) is 24.7 Å². The second kappa shape index (κ2) is 8.88. The number of benzene rings is 2. The zero-order chi connectivity index (χ0) is 19.2. The number of hydrogen-bond donors (Lipinski definition) is 3. The number of aliphatic hydroxyl groups excluding tert-OH is 1. The van der Waals surface area contributed by atoms with Crippen molar-refractivity contribution in [2.24, 2.45) is 0 Å². The van der Waals surface area contributed by atoms with Crippen molar-refractivity contribution in [3.63, 3.8) is 0 Å². The number of methoxy groups -OCH3 is 1. The summed E-state index contributed by atoms with van der Waals surface area (Å²) in [6, 6.07) is 13.3. The number of carbonyl (C=O) groups is 1. The first-order valence-corrected chi connectivity index (χ1v) is 9.16. The molecular weight excluding hydrogens is 344 g/mol. The highest BCUT2D eigenvalue weighted by Gasteiger charge is 2.17. The van der Waals surface area contributed by atoms with Crippen molar-refractivity contribution in [3.8, 4) is 11.5 Å². The van der Waals surface area contributed by atoms with Gasteiger partial charge in [-0.15, -0.1) is 0 Å². The number of nitrogens with one attached hydrogen (secondary N) is 2. The van der Waals surface area contributed by atoms with Crippen molar-refractivity contribution >= 4 is 11.6 Å². The highest BCUT2D eigenvalue weighted by atomic mass is 16.5. The second-order valence-corrected chi connectivity index (χ2v) is 6.75. The van der Waals surface area contributed by atoms with Crippen LogP contribution in [0.1, 0.15) is 30.6 Å². The van der Waals surface area contributed by atoms with Crippen LogP contribution in [0.3, 0.4) is 0 Å². The standard InChI is InChI=1S/C21H26N2O4/c1-14(13-27-20-6-4-3-5-19(20)26-2)22-12-18(24)16-7-9-17-15(11-16)8-10-21(25)23-17/h3-7,9,11,14,18,22,24H,8,10,12-13H2,1-2H3,(H,23,25). The Morgan fingerprint density at radius 2 is 1.96 bits per heavy atom. The van der Waals surface area contributed by atoms with E-state index in [-0.39, 0.29) is 11.9 Å². The average molecular weight is 370 g/mol. The Labute approximate surface area is 159 Å². The third-order valence-corrected chi connectivity index (χ3v) is 4.63. The maximum absolute atomic E-state index is 11.4. The number of anilines is 1.